The van der Waals surface area contributed by atoms with Gasteiger partial charge in [0.1, 0.15) is 11.5 Å². The standard InChI is InChI=1S/C76H44O8/c77-47-83-63-37-21-55(22-38-63)7-5-51-13-29-59(30-14-51)71-45-69(57-25-9-49(10-26-57)1-3-53-17-33-61(34-18-53)75(79)80)65-41-42-66-70(58-27-11-50(12-28-58)2-4-54-19-35-62(36-20-54)76(81)82)46-72(68-44-43-67(71)73(65)74(66)68)60-31-15-52(16-32-60)6-8-56-23-39-64(40-24-56)84-48-78/h9-43,45-48,73H,44H2,(H,79,80)(H,81,82). The maximum absolute atomic E-state index is 11.5. The van der Waals surface area contributed by atoms with Gasteiger partial charge < -0.3 is 19.7 Å². The van der Waals surface area contributed by atoms with E-state index in [1.165, 1.54) is 22.3 Å². The zero-order chi connectivity index (χ0) is 57.5. The second kappa shape index (κ2) is 23.4. The van der Waals surface area contributed by atoms with Gasteiger partial charge in [-0.05, 0) is 237 Å². The number of carbonyl (C=O) groups excluding carboxylic acids is 2. The highest BCUT2D eigenvalue weighted by molar-refractivity contribution is 6.02. The Balaban J connectivity index is 0.965. The summed E-state index contributed by atoms with van der Waals surface area (Å²) in [5.41, 5.74) is 21.2. The summed E-state index contributed by atoms with van der Waals surface area (Å²) in [6.45, 7) is 0.802. The van der Waals surface area contributed by atoms with Crippen molar-refractivity contribution in [3.63, 3.8) is 0 Å². The molecule has 0 bridgehead atoms. The Morgan fingerprint density at radius 2 is 0.786 bits per heavy atom. The molecule has 8 heteroatoms. The molecule has 9 aromatic carbocycles. The van der Waals surface area contributed by atoms with Crippen LogP contribution in [0.2, 0.25) is 0 Å². The monoisotopic (exact) mass is 1080 g/mol. The summed E-state index contributed by atoms with van der Waals surface area (Å²) in [4.78, 5) is 44.6. The van der Waals surface area contributed by atoms with Gasteiger partial charge in [0.05, 0.1) is 11.1 Å². The second-order valence-electron chi connectivity index (χ2n) is 19.9. The van der Waals surface area contributed by atoms with Gasteiger partial charge in [-0.3, -0.25) is 9.59 Å². The van der Waals surface area contributed by atoms with Crippen LogP contribution in [0, 0.1) is 47.4 Å². The van der Waals surface area contributed by atoms with Gasteiger partial charge in [-0.2, -0.15) is 0 Å². The van der Waals surface area contributed by atoms with Crippen molar-refractivity contribution in [2.45, 2.75) is 12.3 Å². The molecule has 0 aliphatic heterocycles. The number of hydrogen-bond donors (Lipinski definition) is 2. The lowest BCUT2D eigenvalue weighted by Gasteiger charge is -2.39. The first kappa shape index (κ1) is 52.7. The van der Waals surface area contributed by atoms with Crippen LogP contribution in [0.4, 0.5) is 0 Å². The first-order chi connectivity index (χ1) is 41.1. The summed E-state index contributed by atoms with van der Waals surface area (Å²) in [6, 6.07) is 62.8. The minimum atomic E-state index is -0.987. The minimum absolute atomic E-state index is 0.146. The zero-order valence-electron chi connectivity index (χ0n) is 44.6. The molecule has 8 nitrogen and oxygen atoms in total. The average Bonchev–Trinajstić information content (AvgIpc) is 1.14. The molecule has 0 fully saturated rings. The molecule has 0 aromatic heterocycles. The highest BCUT2D eigenvalue weighted by Gasteiger charge is 2.38. The molecule has 1 unspecified atom stereocenters. The van der Waals surface area contributed by atoms with E-state index in [0.29, 0.717) is 42.0 Å². The van der Waals surface area contributed by atoms with Gasteiger partial charge >= 0.3 is 11.9 Å². The lowest BCUT2D eigenvalue weighted by Crippen LogP contribution is -2.22. The van der Waals surface area contributed by atoms with Crippen molar-refractivity contribution in [3.05, 3.63) is 313 Å². The fourth-order valence-corrected chi connectivity index (χ4v) is 10.6. The quantitative estimate of drug-likeness (QED) is 0.102. The van der Waals surface area contributed by atoms with E-state index in [9.17, 15) is 29.4 Å². The van der Waals surface area contributed by atoms with E-state index in [1.807, 2.05) is 72.8 Å². The van der Waals surface area contributed by atoms with Crippen LogP contribution in [0.25, 0.3) is 39.5 Å². The van der Waals surface area contributed by atoms with Crippen molar-refractivity contribution in [1.29, 1.82) is 0 Å². The summed E-state index contributed by atoms with van der Waals surface area (Å²) in [5.74, 6) is 24.7. The fraction of sp³-hybridized carbons (Fsp3) is 0.0263. The molecule has 0 heterocycles. The molecule has 9 aromatic rings. The number of ether oxygens (including phenoxy) is 2. The molecule has 0 spiro atoms. The normalized spacial score (nSPS) is 13.0. The van der Waals surface area contributed by atoms with E-state index >= 15 is 0 Å². The van der Waals surface area contributed by atoms with Crippen molar-refractivity contribution < 1.29 is 38.9 Å². The molecule has 0 radical (unpaired) electrons. The molecule has 1 atom stereocenters. The largest absolute Gasteiger partial charge is 0.478 e. The Morgan fingerprint density at radius 3 is 1.18 bits per heavy atom. The van der Waals surface area contributed by atoms with Crippen LogP contribution in [0.3, 0.4) is 0 Å². The highest BCUT2D eigenvalue weighted by Crippen LogP contribution is 2.56. The van der Waals surface area contributed by atoms with Crippen LogP contribution in [0.1, 0.15) is 99.0 Å². The van der Waals surface area contributed by atoms with E-state index in [-0.39, 0.29) is 17.0 Å². The molecule has 0 saturated heterocycles. The molecule has 3 aliphatic rings. The summed E-state index contributed by atoms with van der Waals surface area (Å²) < 4.78 is 9.93. The third-order valence-electron chi connectivity index (χ3n) is 14.8. The number of carboxylic acid groups (broad SMARTS) is 2. The van der Waals surface area contributed by atoms with Gasteiger partial charge in [0, 0.05) is 50.4 Å². The molecule has 84 heavy (non-hydrogen) atoms. The van der Waals surface area contributed by atoms with E-state index in [4.69, 9.17) is 9.47 Å². The van der Waals surface area contributed by atoms with Crippen LogP contribution in [0.15, 0.2) is 230 Å². The fourth-order valence-electron chi connectivity index (χ4n) is 10.6. The van der Waals surface area contributed by atoms with Crippen molar-refractivity contribution >= 4 is 42.1 Å². The van der Waals surface area contributed by atoms with Crippen LogP contribution in [-0.4, -0.2) is 35.1 Å². The Morgan fingerprint density at radius 1 is 0.429 bits per heavy atom. The van der Waals surface area contributed by atoms with E-state index in [1.54, 1.807) is 72.8 Å². The highest BCUT2D eigenvalue weighted by atomic mass is 16.5. The van der Waals surface area contributed by atoms with E-state index < -0.39 is 11.9 Å². The molecule has 3 aliphatic carbocycles. The third kappa shape index (κ3) is 11.3. The Labute approximate surface area is 485 Å². The Kier molecular flexibility index (Phi) is 14.7. The van der Waals surface area contributed by atoms with Gasteiger partial charge in [-0.1, -0.05) is 114 Å². The topological polar surface area (TPSA) is 127 Å². The lowest BCUT2D eigenvalue weighted by molar-refractivity contribution is -0.121. The molecule has 12 rings (SSSR count). The predicted octanol–water partition coefficient (Wildman–Crippen LogP) is 14.2. The molecular formula is C76H44O8. The number of benzene rings is 9. The SMILES string of the molecule is O=COc1ccc(C#Cc2ccc(C3=CC(c4ccc(C#Cc5ccc(C(=O)O)cc5)cc4)=C4C=Cc5c(-c6ccc(C#Cc7ccc(C(=O)O)cc7)cc6)cc(-c6ccc(C#Cc7ccc(OC=O)cc7)cc6)c6c5C4C3=CC6)cc2)cc1. The third-order valence-corrected chi connectivity index (χ3v) is 14.8. The number of rotatable bonds is 10. The first-order valence-corrected chi connectivity index (χ1v) is 26.8. The number of carbonyl (C=O) groups is 4. The summed E-state index contributed by atoms with van der Waals surface area (Å²) in [7, 11) is 0. The van der Waals surface area contributed by atoms with Crippen LogP contribution in [0.5, 0.6) is 11.5 Å². The molecule has 396 valence electrons. The average molecular weight is 1090 g/mol. The van der Waals surface area contributed by atoms with Gasteiger partial charge in [-0.15, -0.1) is 0 Å². The number of allylic oxidation sites excluding steroid dienone is 7. The molecule has 0 amide bonds. The van der Waals surface area contributed by atoms with E-state index in [0.717, 1.165) is 83.5 Å². The van der Waals surface area contributed by atoms with Gasteiger partial charge in [0.15, 0.2) is 0 Å². The van der Waals surface area contributed by atoms with Gasteiger partial charge in [0.2, 0.25) is 0 Å². The zero-order valence-corrected chi connectivity index (χ0v) is 44.6. The predicted molar refractivity (Wildman–Crippen MR) is 326 cm³/mol. The van der Waals surface area contributed by atoms with Crippen LogP contribution < -0.4 is 9.47 Å². The minimum Gasteiger partial charge on any atom is -0.478 e. The maximum Gasteiger partial charge on any atom is 0.335 e. The van der Waals surface area contributed by atoms with E-state index in [2.05, 4.69) is 126 Å². The van der Waals surface area contributed by atoms with Crippen molar-refractivity contribution in [3.8, 4) is 81.1 Å². The molecular weight excluding hydrogens is 1040 g/mol. The van der Waals surface area contributed by atoms with Crippen LogP contribution in [-0.2, 0) is 16.0 Å². The number of hydrogen-bond acceptors (Lipinski definition) is 6. The number of aromatic carboxylic acids is 2. The van der Waals surface area contributed by atoms with Gasteiger partial charge in [-0.25, -0.2) is 9.59 Å². The summed E-state index contributed by atoms with van der Waals surface area (Å²) >= 11 is 0. The van der Waals surface area contributed by atoms with Crippen LogP contribution >= 0.6 is 0 Å². The van der Waals surface area contributed by atoms with Crippen molar-refractivity contribution in [2.75, 3.05) is 0 Å². The van der Waals surface area contributed by atoms with Crippen molar-refractivity contribution in [1.82, 2.24) is 0 Å². The van der Waals surface area contributed by atoms with Gasteiger partial charge in [0.25, 0.3) is 12.9 Å². The maximum atomic E-state index is 11.5. The molecule has 0 saturated carbocycles. The Bertz CT molecular complexity index is 4530. The number of carboxylic acids is 2. The lowest BCUT2D eigenvalue weighted by atomic mass is 9.64. The summed E-state index contributed by atoms with van der Waals surface area (Å²) in [6.07, 6.45) is 9.92. The van der Waals surface area contributed by atoms with Crippen molar-refractivity contribution in [2.24, 2.45) is 0 Å². The summed E-state index contributed by atoms with van der Waals surface area (Å²) in [5, 5.41) is 18.8. The molecule has 2 N–H and O–H groups in total. The smallest absolute Gasteiger partial charge is 0.335 e. The first-order valence-electron chi connectivity index (χ1n) is 26.8. The second-order valence-corrected chi connectivity index (χ2v) is 19.9. The Hall–Kier alpha value is -11.9.